The number of carbonyl (C=O) groups is 3. The molecule has 1 aromatic rings. The number of rotatable bonds is 5. The second-order valence-corrected chi connectivity index (χ2v) is 6.81. The van der Waals surface area contributed by atoms with Crippen LogP contribution in [0.25, 0.3) is 0 Å². The fourth-order valence-electron chi connectivity index (χ4n) is 4.46. The van der Waals surface area contributed by atoms with Crippen molar-refractivity contribution in [2.75, 3.05) is 19.0 Å². The number of methoxy groups -OCH3 is 1. The molecule has 0 unspecified atom stereocenters. The smallest absolute Gasteiger partial charge is 0.310 e. The summed E-state index contributed by atoms with van der Waals surface area (Å²) in [4.78, 5) is 36.3. The lowest BCUT2D eigenvalue weighted by molar-refractivity contribution is -0.157. The highest BCUT2D eigenvalue weighted by Crippen LogP contribution is 2.57. The van der Waals surface area contributed by atoms with Gasteiger partial charge in [-0.25, -0.2) is 0 Å². The monoisotopic (exact) mass is 345 g/mol. The topological polar surface area (TPSA) is 90.9 Å². The predicted octanol–water partition coefficient (Wildman–Crippen LogP) is 1.37. The average molecular weight is 345 g/mol. The van der Waals surface area contributed by atoms with Crippen molar-refractivity contribution in [2.24, 2.45) is 23.7 Å². The van der Waals surface area contributed by atoms with Crippen LogP contribution in [0.5, 0.6) is 5.75 Å². The van der Waals surface area contributed by atoms with E-state index in [0.717, 1.165) is 12.8 Å². The maximum Gasteiger partial charge on any atom is 0.310 e. The van der Waals surface area contributed by atoms with Crippen molar-refractivity contribution in [2.45, 2.75) is 18.9 Å². The van der Waals surface area contributed by atoms with E-state index in [1.165, 1.54) is 7.11 Å². The SMILES string of the molecule is COc1cccc(NC(=O)COC(=O)[C@H]2[C@@H]3C[C@H]4[C@@H]2C(=O)O[C@@H]4C3)c1. The summed E-state index contributed by atoms with van der Waals surface area (Å²) in [5, 5.41) is 2.65. The summed E-state index contributed by atoms with van der Waals surface area (Å²) in [5.74, 6) is -1.18. The first kappa shape index (κ1) is 15.9. The number of fused-ring (bicyclic) bond motifs is 1. The van der Waals surface area contributed by atoms with Gasteiger partial charge in [-0.15, -0.1) is 0 Å². The van der Waals surface area contributed by atoms with E-state index in [4.69, 9.17) is 14.2 Å². The summed E-state index contributed by atoms with van der Waals surface area (Å²) in [6.45, 7) is -0.380. The molecular formula is C18H19NO6. The molecule has 25 heavy (non-hydrogen) atoms. The van der Waals surface area contributed by atoms with Gasteiger partial charge in [-0.2, -0.15) is 0 Å². The standard InChI is InChI=1S/C18H19NO6/c1-23-11-4-2-3-10(7-11)19-14(20)8-24-17(21)15-9-5-12-13(6-9)25-18(22)16(12)15/h2-4,7,9,12-13,15-16H,5-6,8H2,1H3,(H,19,20)/t9-,12-,13-,15+,16+/m1/s1. The first-order chi connectivity index (χ1) is 12.1. The lowest BCUT2D eigenvalue weighted by Gasteiger charge is -2.22. The molecule has 0 aromatic heterocycles. The molecule has 1 N–H and O–H groups in total. The molecule has 4 rings (SSSR count). The summed E-state index contributed by atoms with van der Waals surface area (Å²) in [6.07, 6.45) is 1.53. The Morgan fingerprint density at radius 3 is 2.96 bits per heavy atom. The van der Waals surface area contributed by atoms with Crippen LogP contribution in [0.3, 0.4) is 0 Å². The van der Waals surface area contributed by atoms with Gasteiger partial charge >= 0.3 is 11.9 Å². The van der Waals surface area contributed by atoms with Crippen molar-refractivity contribution in [3.63, 3.8) is 0 Å². The largest absolute Gasteiger partial charge is 0.497 e. The molecule has 7 nitrogen and oxygen atoms in total. The van der Waals surface area contributed by atoms with Gasteiger partial charge in [-0.1, -0.05) is 6.07 Å². The van der Waals surface area contributed by atoms with Crippen LogP contribution >= 0.6 is 0 Å². The van der Waals surface area contributed by atoms with Gasteiger partial charge in [0.1, 0.15) is 11.9 Å². The van der Waals surface area contributed by atoms with Crippen LogP contribution in [-0.4, -0.2) is 37.7 Å². The number of anilines is 1. The Balaban J connectivity index is 1.33. The van der Waals surface area contributed by atoms with E-state index >= 15 is 0 Å². The Hall–Kier alpha value is -2.57. The van der Waals surface area contributed by atoms with Gasteiger partial charge < -0.3 is 19.5 Å². The third-order valence-corrected chi connectivity index (χ3v) is 5.45. The third kappa shape index (κ3) is 2.73. The molecule has 1 saturated heterocycles. The van der Waals surface area contributed by atoms with Crippen LogP contribution < -0.4 is 10.1 Å². The fraction of sp³-hybridized carbons (Fsp3) is 0.500. The predicted molar refractivity (Wildman–Crippen MR) is 85.7 cm³/mol. The first-order valence-electron chi connectivity index (χ1n) is 8.38. The Bertz CT molecular complexity index is 730. The number of carbonyl (C=O) groups excluding carboxylic acids is 3. The molecule has 132 valence electrons. The van der Waals surface area contributed by atoms with Crippen LogP contribution in [0.4, 0.5) is 5.69 Å². The molecule has 0 spiro atoms. The van der Waals surface area contributed by atoms with Gasteiger partial charge in [0.15, 0.2) is 6.61 Å². The number of hydrogen-bond acceptors (Lipinski definition) is 6. The minimum Gasteiger partial charge on any atom is -0.497 e. The number of esters is 2. The van der Waals surface area contributed by atoms with Crippen molar-refractivity contribution < 1.29 is 28.6 Å². The van der Waals surface area contributed by atoms with Crippen molar-refractivity contribution in [1.82, 2.24) is 0 Å². The number of nitrogens with one attached hydrogen (secondary N) is 1. The Morgan fingerprint density at radius 1 is 1.32 bits per heavy atom. The molecule has 1 aliphatic heterocycles. The van der Waals surface area contributed by atoms with E-state index in [1.807, 2.05) is 0 Å². The van der Waals surface area contributed by atoms with E-state index in [2.05, 4.69) is 5.32 Å². The van der Waals surface area contributed by atoms with Crippen molar-refractivity contribution >= 4 is 23.5 Å². The fourth-order valence-corrected chi connectivity index (χ4v) is 4.46. The van der Waals surface area contributed by atoms with Gasteiger partial charge in [0.2, 0.25) is 0 Å². The molecule has 7 heteroatoms. The van der Waals surface area contributed by atoms with Crippen LogP contribution in [0.15, 0.2) is 24.3 Å². The highest BCUT2D eigenvalue weighted by molar-refractivity contribution is 5.93. The number of hydrogen-bond donors (Lipinski definition) is 1. The van der Waals surface area contributed by atoms with Gasteiger partial charge in [0, 0.05) is 17.7 Å². The van der Waals surface area contributed by atoms with E-state index in [1.54, 1.807) is 24.3 Å². The third-order valence-electron chi connectivity index (χ3n) is 5.45. The summed E-state index contributed by atoms with van der Waals surface area (Å²) < 4.78 is 15.6. The van der Waals surface area contributed by atoms with Gasteiger partial charge in [-0.05, 0) is 30.9 Å². The highest BCUT2D eigenvalue weighted by Gasteiger charge is 2.64. The van der Waals surface area contributed by atoms with Crippen LogP contribution in [0, 0.1) is 23.7 Å². The number of benzene rings is 1. The molecule has 1 amide bonds. The van der Waals surface area contributed by atoms with Crippen molar-refractivity contribution in [3.05, 3.63) is 24.3 Å². The van der Waals surface area contributed by atoms with E-state index < -0.39 is 23.7 Å². The van der Waals surface area contributed by atoms with Gasteiger partial charge in [0.25, 0.3) is 5.91 Å². The van der Waals surface area contributed by atoms with E-state index in [9.17, 15) is 14.4 Å². The zero-order valence-corrected chi connectivity index (χ0v) is 13.8. The molecule has 1 aromatic carbocycles. The molecular weight excluding hydrogens is 326 g/mol. The molecule has 2 saturated carbocycles. The maximum atomic E-state index is 12.4. The molecule has 3 aliphatic rings. The van der Waals surface area contributed by atoms with E-state index in [0.29, 0.717) is 11.4 Å². The lowest BCUT2D eigenvalue weighted by Crippen LogP contribution is -2.34. The highest BCUT2D eigenvalue weighted by atomic mass is 16.6. The van der Waals surface area contributed by atoms with E-state index in [-0.39, 0.29) is 30.5 Å². The van der Waals surface area contributed by atoms with Crippen LogP contribution in [0.1, 0.15) is 12.8 Å². The molecule has 0 radical (unpaired) electrons. The normalized spacial score (nSPS) is 31.6. The molecule has 2 bridgehead atoms. The Labute approximate surface area is 144 Å². The Morgan fingerprint density at radius 2 is 2.16 bits per heavy atom. The quantitative estimate of drug-likeness (QED) is 0.811. The Kier molecular flexibility index (Phi) is 3.86. The minimum atomic E-state index is -0.476. The van der Waals surface area contributed by atoms with Crippen LogP contribution in [-0.2, 0) is 23.9 Å². The average Bonchev–Trinajstić information content (AvgIpc) is 3.22. The minimum absolute atomic E-state index is 0.0251. The second kappa shape index (κ2) is 6.06. The van der Waals surface area contributed by atoms with Crippen molar-refractivity contribution in [3.8, 4) is 5.75 Å². The lowest BCUT2D eigenvalue weighted by atomic mass is 9.80. The zero-order valence-electron chi connectivity index (χ0n) is 13.8. The van der Waals surface area contributed by atoms with Crippen molar-refractivity contribution in [1.29, 1.82) is 0 Å². The number of ether oxygens (including phenoxy) is 3. The first-order valence-corrected chi connectivity index (χ1v) is 8.38. The molecule has 5 atom stereocenters. The molecule has 3 fully saturated rings. The second-order valence-electron chi connectivity index (χ2n) is 6.81. The molecule has 1 heterocycles. The number of amides is 1. The van der Waals surface area contributed by atoms with Gasteiger partial charge in [-0.3, -0.25) is 14.4 Å². The van der Waals surface area contributed by atoms with Gasteiger partial charge in [0.05, 0.1) is 18.9 Å². The summed E-state index contributed by atoms with van der Waals surface area (Å²) in [7, 11) is 1.54. The summed E-state index contributed by atoms with van der Waals surface area (Å²) in [5.41, 5.74) is 0.558. The summed E-state index contributed by atoms with van der Waals surface area (Å²) >= 11 is 0. The molecule has 2 aliphatic carbocycles. The zero-order chi connectivity index (χ0) is 17.6. The summed E-state index contributed by atoms with van der Waals surface area (Å²) in [6, 6.07) is 6.90. The maximum absolute atomic E-state index is 12.4. The van der Waals surface area contributed by atoms with Crippen LogP contribution in [0.2, 0.25) is 0 Å².